The molecule has 9 heteroatoms. The van der Waals surface area contributed by atoms with E-state index in [0.717, 1.165) is 0 Å². The van der Waals surface area contributed by atoms with Gasteiger partial charge in [-0.15, -0.1) is 0 Å². The molecule has 0 unspecified atom stereocenters. The van der Waals surface area contributed by atoms with Crippen molar-refractivity contribution in [1.82, 2.24) is 5.32 Å². The second-order valence-electron chi connectivity index (χ2n) is 3.78. The minimum atomic E-state index is -1.38. The van der Waals surface area contributed by atoms with E-state index in [0.29, 0.717) is 14.3 Å². The minimum Gasteiger partial charge on any atom is -0.480 e. The van der Waals surface area contributed by atoms with Crippen LogP contribution >= 0.6 is 34.2 Å². The largest absolute Gasteiger partial charge is 0.480 e. The van der Waals surface area contributed by atoms with Gasteiger partial charge in [-0.25, -0.2) is 9.59 Å². The van der Waals surface area contributed by atoms with Crippen molar-refractivity contribution in [3.8, 4) is 0 Å². The zero-order chi connectivity index (χ0) is 15.3. The van der Waals surface area contributed by atoms with Gasteiger partial charge in [0.1, 0.15) is 6.04 Å². The monoisotopic (exact) mass is 411 g/mol. The molecular weight excluding hydrogens is 400 g/mol. The summed E-state index contributed by atoms with van der Waals surface area (Å²) in [5.74, 6) is -2.16. The normalized spacial score (nSPS) is 11.5. The van der Waals surface area contributed by atoms with Crippen LogP contribution in [0.25, 0.3) is 0 Å². The van der Waals surface area contributed by atoms with Gasteiger partial charge in [-0.1, -0.05) is 11.6 Å². The van der Waals surface area contributed by atoms with Crippen molar-refractivity contribution >= 4 is 57.8 Å². The Balaban J connectivity index is 2.70. The van der Waals surface area contributed by atoms with Gasteiger partial charge in [0.05, 0.1) is 12.1 Å². The number of rotatable bonds is 5. The number of anilines is 1. The third kappa shape index (κ3) is 5.21. The highest BCUT2D eigenvalue weighted by atomic mass is 127. The average molecular weight is 412 g/mol. The zero-order valence-corrected chi connectivity index (χ0v) is 12.9. The zero-order valence-electron chi connectivity index (χ0n) is 10.0. The van der Waals surface area contributed by atoms with Gasteiger partial charge in [-0.3, -0.25) is 4.79 Å². The molecule has 0 aliphatic carbocycles. The Hall–Kier alpha value is -1.55. The number of nitrogens with two attached hydrogens (primary N) is 1. The highest BCUT2D eigenvalue weighted by Crippen LogP contribution is 2.22. The van der Waals surface area contributed by atoms with Gasteiger partial charge in [-0.05, 0) is 40.8 Å². The Morgan fingerprint density at radius 2 is 2.05 bits per heavy atom. The Morgan fingerprint density at radius 3 is 2.55 bits per heavy atom. The molecule has 0 bridgehead atoms. The van der Waals surface area contributed by atoms with E-state index in [1.54, 1.807) is 18.2 Å². The Kier molecular flexibility index (Phi) is 6.02. The lowest BCUT2D eigenvalue weighted by molar-refractivity contribution is -0.140. The summed E-state index contributed by atoms with van der Waals surface area (Å²) < 4.78 is 0.687. The van der Waals surface area contributed by atoms with Crippen LogP contribution in [0, 0.1) is 3.57 Å². The summed E-state index contributed by atoms with van der Waals surface area (Å²) >= 11 is 7.74. The number of carbonyl (C=O) groups excluding carboxylic acids is 2. The predicted octanol–water partition coefficient (Wildman–Crippen LogP) is 1.39. The van der Waals surface area contributed by atoms with E-state index in [-0.39, 0.29) is 0 Å². The Morgan fingerprint density at radius 1 is 1.40 bits per heavy atom. The number of benzene rings is 1. The molecule has 1 rings (SSSR count). The predicted molar refractivity (Wildman–Crippen MR) is 81.6 cm³/mol. The van der Waals surface area contributed by atoms with Crippen molar-refractivity contribution in [3.05, 3.63) is 26.8 Å². The van der Waals surface area contributed by atoms with Crippen LogP contribution in [0.15, 0.2) is 18.2 Å². The molecule has 1 aromatic carbocycles. The fourth-order valence-electron chi connectivity index (χ4n) is 1.31. The first-order valence-electron chi connectivity index (χ1n) is 5.33. The maximum atomic E-state index is 11.7. The molecule has 1 aromatic rings. The third-order valence-corrected chi connectivity index (χ3v) is 3.32. The molecule has 5 N–H and O–H groups in total. The summed E-state index contributed by atoms with van der Waals surface area (Å²) in [6.45, 7) is 0. The van der Waals surface area contributed by atoms with Crippen molar-refractivity contribution in [3.63, 3.8) is 0 Å². The van der Waals surface area contributed by atoms with E-state index in [9.17, 15) is 14.4 Å². The van der Waals surface area contributed by atoms with E-state index < -0.39 is 30.4 Å². The number of hydrogen-bond acceptors (Lipinski definition) is 3. The second-order valence-corrected chi connectivity index (χ2v) is 5.38. The summed E-state index contributed by atoms with van der Waals surface area (Å²) in [4.78, 5) is 33.3. The first-order chi connectivity index (χ1) is 9.29. The van der Waals surface area contributed by atoms with Crippen molar-refractivity contribution in [2.75, 3.05) is 5.32 Å². The van der Waals surface area contributed by atoms with Crippen LogP contribution in [0.3, 0.4) is 0 Å². The molecule has 0 fully saturated rings. The molecule has 0 aliphatic heterocycles. The smallest absolute Gasteiger partial charge is 0.326 e. The fourth-order valence-corrected chi connectivity index (χ4v) is 2.32. The molecule has 1 atom stereocenters. The lowest BCUT2D eigenvalue weighted by Gasteiger charge is -2.14. The molecule has 3 amide bonds. The molecule has 0 saturated heterocycles. The number of hydrogen-bond donors (Lipinski definition) is 4. The summed E-state index contributed by atoms with van der Waals surface area (Å²) in [5.41, 5.74) is 5.38. The third-order valence-electron chi connectivity index (χ3n) is 2.19. The summed E-state index contributed by atoms with van der Waals surface area (Å²) in [5, 5.41) is 14.0. The van der Waals surface area contributed by atoms with Gasteiger partial charge >= 0.3 is 12.0 Å². The molecule has 0 saturated carbocycles. The molecule has 0 radical (unpaired) electrons. The van der Waals surface area contributed by atoms with Crippen LogP contribution in [-0.4, -0.2) is 29.1 Å². The molecule has 0 aromatic heterocycles. The average Bonchev–Trinajstić information content (AvgIpc) is 2.31. The van der Waals surface area contributed by atoms with E-state index >= 15 is 0 Å². The van der Waals surface area contributed by atoms with Crippen molar-refractivity contribution < 1.29 is 19.5 Å². The van der Waals surface area contributed by atoms with Crippen LogP contribution in [0.4, 0.5) is 10.5 Å². The van der Waals surface area contributed by atoms with Gasteiger partial charge in [0, 0.05) is 8.59 Å². The number of carboxylic acids is 1. The summed E-state index contributed by atoms with van der Waals surface area (Å²) in [6, 6.07) is 2.66. The van der Waals surface area contributed by atoms with E-state index in [2.05, 4.69) is 10.6 Å². The Labute approximate surface area is 133 Å². The van der Waals surface area contributed by atoms with E-state index in [1.807, 2.05) is 22.6 Å². The quantitative estimate of drug-likeness (QED) is 0.547. The SMILES string of the molecule is NC(=O)C[C@H](NC(=O)Nc1ccc(Cl)cc1I)C(=O)O. The number of amides is 3. The van der Waals surface area contributed by atoms with Crippen LogP contribution in [0.5, 0.6) is 0 Å². The number of carbonyl (C=O) groups is 3. The standard InChI is InChI=1S/C11H11ClIN3O4/c12-5-1-2-7(6(13)3-5)15-11(20)16-8(10(18)19)4-9(14)17/h1-3,8H,4H2,(H2,14,17)(H,18,19)(H2,15,16,20)/t8-/m0/s1. The molecular formula is C11H11ClIN3O4. The van der Waals surface area contributed by atoms with Crippen molar-refractivity contribution in [2.45, 2.75) is 12.5 Å². The maximum absolute atomic E-state index is 11.7. The van der Waals surface area contributed by atoms with Crippen molar-refractivity contribution in [2.24, 2.45) is 5.73 Å². The lowest BCUT2D eigenvalue weighted by Crippen LogP contribution is -2.45. The number of aliphatic carboxylic acids is 1. The topological polar surface area (TPSA) is 122 Å². The van der Waals surface area contributed by atoms with Gasteiger partial charge in [0.25, 0.3) is 0 Å². The summed E-state index contributed by atoms with van der Waals surface area (Å²) in [6.07, 6.45) is -0.486. The van der Waals surface area contributed by atoms with Crippen LogP contribution < -0.4 is 16.4 Å². The highest BCUT2D eigenvalue weighted by Gasteiger charge is 2.22. The van der Waals surface area contributed by atoms with Crippen molar-refractivity contribution in [1.29, 1.82) is 0 Å². The van der Waals surface area contributed by atoms with Crippen LogP contribution in [0.1, 0.15) is 6.42 Å². The first-order valence-corrected chi connectivity index (χ1v) is 6.79. The summed E-state index contributed by atoms with van der Waals surface area (Å²) in [7, 11) is 0. The fraction of sp³-hybridized carbons (Fsp3) is 0.182. The number of halogens is 2. The number of nitrogens with one attached hydrogen (secondary N) is 2. The van der Waals surface area contributed by atoms with Gasteiger partial charge in [0.2, 0.25) is 5.91 Å². The second kappa shape index (κ2) is 7.29. The molecule has 7 nitrogen and oxygen atoms in total. The minimum absolute atomic E-state index is 0.468. The van der Waals surface area contributed by atoms with Crippen LogP contribution in [-0.2, 0) is 9.59 Å². The lowest BCUT2D eigenvalue weighted by atomic mass is 10.2. The van der Waals surface area contributed by atoms with E-state index in [4.69, 9.17) is 22.4 Å². The number of primary amides is 1. The molecule has 0 aliphatic rings. The molecule has 0 spiro atoms. The highest BCUT2D eigenvalue weighted by molar-refractivity contribution is 14.1. The molecule has 20 heavy (non-hydrogen) atoms. The van der Waals surface area contributed by atoms with E-state index in [1.165, 1.54) is 0 Å². The molecule has 0 heterocycles. The number of urea groups is 1. The van der Waals surface area contributed by atoms with Gasteiger partial charge in [-0.2, -0.15) is 0 Å². The van der Waals surface area contributed by atoms with Gasteiger partial charge < -0.3 is 21.5 Å². The first kappa shape index (κ1) is 16.5. The maximum Gasteiger partial charge on any atom is 0.326 e. The van der Waals surface area contributed by atoms with Crippen LogP contribution in [0.2, 0.25) is 5.02 Å². The number of carboxylic acid groups (broad SMARTS) is 1. The molecule has 108 valence electrons. The Bertz CT molecular complexity index is 552. The van der Waals surface area contributed by atoms with Gasteiger partial charge in [0.15, 0.2) is 0 Å².